The lowest BCUT2D eigenvalue weighted by molar-refractivity contribution is -0.0217. The van der Waals surface area contributed by atoms with Crippen LogP contribution in [0.15, 0.2) is 73.3 Å². The lowest BCUT2D eigenvalue weighted by atomic mass is 10.0. The molecule has 0 unspecified atom stereocenters. The highest BCUT2D eigenvalue weighted by atomic mass is 19.3. The van der Waals surface area contributed by atoms with Crippen LogP contribution in [0.3, 0.4) is 0 Å². The number of alkyl halides is 2. The summed E-state index contributed by atoms with van der Waals surface area (Å²) < 4.78 is 47.7. The molecule has 0 N–H and O–H groups in total. The number of aryl methyl sites for hydroxylation is 3. The van der Waals surface area contributed by atoms with Crippen molar-refractivity contribution in [2.24, 2.45) is 0 Å². The number of benzene rings is 1. The first-order valence-electron chi connectivity index (χ1n) is 12.6. The molecule has 0 bridgehead atoms. The van der Waals surface area contributed by atoms with Gasteiger partial charge in [0, 0.05) is 48.0 Å². The third kappa shape index (κ3) is 4.53. The zero-order valence-corrected chi connectivity index (χ0v) is 22.2. The van der Waals surface area contributed by atoms with Gasteiger partial charge in [0.15, 0.2) is 11.5 Å². The van der Waals surface area contributed by atoms with Gasteiger partial charge in [-0.3, -0.25) is 9.25 Å². The Morgan fingerprint density at radius 3 is 2.30 bits per heavy atom. The van der Waals surface area contributed by atoms with E-state index in [9.17, 15) is 13.2 Å². The Labute approximate surface area is 227 Å². The highest BCUT2D eigenvalue weighted by molar-refractivity contribution is 5.67. The molecule has 1 aromatic carbocycles. The number of halogens is 3. The summed E-state index contributed by atoms with van der Waals surface area (Å²) in [5.41, 5.74) is 5.54. The molecule has 1 atom stereocenters. The number of pyridine rings is 1. The molecule has 0 saturated heterocycles. The first kappa shape index (κ1) is 25.5. The van der Waals surface area contributed by atoms with Crippen LogP contribution in [0.2, 0.25) is 0 Å². The fourth-order valence-electron chi connectivity index (χ4n) is 4.89. The van der Waals surface area contributed by atoms with Crippen LogP contribution < -0.4 is 0 Å². The maximum absolute atomic E-state index is 14.7. The molecule has 5 heterocycles. The molecule has 0 fully saturated rings. The van der Waals surface area contributed by atoms with Gasteiger partial charge in [-0.15, -0.1) is 5.10 Å². The quantitative estimate of drug-likeness (QED) is 0.252. The molecular formula is C29H25F3N8. The Bertz CT molecular complexity index is 1820. The van der Waals surface area contributed by atoms with E-state index in [2.05, 4.69) is 15.2 Å². The first-order valence-corrected chi connectivity index (χ1v) is 12.6. The topological polar surface area (TPSA) is 78.7 Å². The van der Waals surface area contributed by atoms with Crippen molar-refractivity contribution in [3.05, 3.63) is 102 Å². The number of fused-ring (bicyclic) bond motifs is 1. The van der Waals surface area contributed by atoms with E-state index in [4.69, 9.17) is 9.97 Å². The van der Waals surface area contributed by atoms with Gasteiger partial charge in [0.05, 0.1) is 11.9 Å². The molecule has 0 amide bonds. The molecular weight excluding hydrogens is 517 g/mol. The van der Waals surface area contributed by atoms with Gasteiger partial charge in [0.2, 0.25) is 0 Å². The molecule has 6 aromatic rings. The summed E-state index contributed by atoms with van der Waals surface area (Å²) in [5.74, 6) is -2.64. The van der Waals surface area contributed by atoms with Gasteiger partial charge in [-0.1, -0.05) is 12.1 Å². The predicted octanol–water partition coefficient (Wildman–Crippen LogP) is 6.15. The van der Waals surface area contributed by atoms with Crippen molar-refractivity contribution in [1.29, 1.82) is 0 Å². The van der Waals surface area contributed by atoms with Crippen molar-refractivity contribution in [3.63, 3.8) is 0 Å². The predicted molar refractivity (Wildman–Crippen MR) is 144 cm³/mol. The number of nitrogens with zero attached hydrogens (tertiary/aromatic N) is 8. The summed E-state index contributed by atoms with van der Waals surface area (Å²) in [7, 11) is 0. The zero-order chi connectivity index (χ0) is 28.2. The molecule has 0 spiro atoms. The average molecular weight is 543 g/mol. The van der Waals surface area contributed by atoms with Crippen molar-refractivity contribution < 1.29 is 13.2 Å². The van der Waals surface area contributed by atoms with Crippen LogP contribution in [0.1, 0.15) is 35.5 Å². The third-order valence-electron chi connectivity index (χ3n) is 6.83. The zero-order valence-electron chi connectivity index (χ0n) is 22.2. The van der Waals surface area contributed by atoms with Crippen LogP contribution >= 0.6 is 0 Å². The Balaban J connectivity index is 1.36. The van der Waals surface area contributed by atoms with E-state index < -0.39 is 17.8 Å². The molecule has 0 radical (unpaired) electrons. The van der Waals surface area contributed by atoms with Gasteiger partial charge in [0.1, 0.15) is 11.9 Å². The second-order valence-corrected chi connectivity index (χ2v) is 9.93. The van der Waals surface area contributed by atoms with Crippen LogP contribution in [-0.2, 0) is 0 Å². The van der Waals surface area contributed by atoms with E-state index in [0.29, 0.717) is 28.7 Å². The third-order valence-corrected chi connectivity index (χ3v) is 6.83. The maximum Gasteiger partial charge on any atom is 0.271 e. The summed E-state index contributed by atoms with van der Waals surface area (Å²) in [6.45, 7) is 6.66. The second-order valence-electron chi connectivity index (χ2n) is 9.93. The lowest BCUT2D eigenvalue weighted by Crippen LogP contribution is -2.29. The minimum absolute atomic E-state index is 0.245. The molecule has 202 valence electrons. The lowest BCUT2D eigenvalue weighted by Gasteiger charge is -2.24. The summed E-state index contributed by atoms with van der Waals surface area (Å²) in [4.78, 5) is 14.0. The van der Waals surface area contributed by atoms with Gasteiger partial charge in [-0.05, 0) is 68.3 Å². The number of hydrogen-bond acceptors (Lipinski definition) is 5. The van der Waals surface area contributed by atoms with Crippen molar-refractivity contribution >= 4 is 5.65 Å². The van der Waals surface area contributed by atoms with Crippen LogP contribution in [0, 0.1) is 26.6 Å². The molecule has 11 heteroatoms. The molecule has 0 aliphatic heterocycles. The Kier molecular flexibility index (Phi) is 6.01. The molecule has 40 heavy (non-hydrogen) atoms. The van der Waals surface area contributed by atoms with E-state index in [1.807, 2.05) is 49.6 Å². The van der Waals surface area contributed by atoms with Crippen LogP contribution in [0.5, 0.6) is 0 Å². The minimum atomic E-state index is -3.16. The van der Waals surface area contributed by atoms with Crippen molar-refractivity contribution in [2.75, 3.05) is 0 Å². The van der Waals surface area contributed by atoms with Gasteiger partial charge < -0.3 is 0 Å². The minimum Gasteiger partial charge on any atom is -0.286 e. The van der Waals surface area contributed by atoms with Gasteiger partial charge in [-0.2, -0.15) is 10.1 Å². The van der Waals surface area contributed by atoms with E-state index in [1.165, 1.54) is 29.2 Å². The van der Waals surface area contributed by atoms with Crippen molar-refractivity contribution in [2.45, 2.75) is 39.7 Å². The average Bonchev–Trinajstić information content (AvgIpc) is 3.63. The fourth-order valence-corrected chi connectivity index (χ4v) is 4.89. The van der Waals surface area contributed by atoms with Gasteiger partial charge in [-0.25, -0.2) is 27.7 Å². The molecule has 6 rings (SSSR count). The maximum atomic E-state index is 14.7. The summed E-state index contributed by atoms with van der Waals surface area (Å²) >= 11 is 0. The Morgan fingerprint density at radius 2 is 1.60 bits per heavy atom. The molecule has 0 saturated carbocycles. The van der Waals surface area contributed by atoms with Crippen molar-refractivity contribution in [1.82, 2.24) is 38.9 Å². The Morgan fingerprint density at radius 1 is 0.875 bits per heavy atom. The molecule has 0 aliphatic rings. The van der Waals surface area contributed by atoms with E-state index >= 15 is 0 Å². The SMILES string of the molecule is Cc1cnc(-c2ccn3nc(-n4c(C)ccc4C)nc3c2)nc1-c1cnn([C@H](c2ccc(F)cc2)C(C)(F)F)c1. The standard InChI is InChI=1S/C29H25F3N8/c1-17-14-33-27(21-11-12-38-24(13-21)35-28(37-38)40-18(2)5-6-19(40)3)36-25(17)22-15-34-39(16-22)26(29(4,31)32)20-7-9-23(30)10-8-20/h5-16,26H,1-4H3/t26-/m1/s1. The summed E-state index contributed by atoms with van der Waals surface area (Å²) in [6.07, 6.45) is 6.51. The van der Waals surface area contributed by atoms with Gasteiger partial charge >= 0.3 is 0 Å². The van der Waals surface area contributed by atoms with Gasteiger partial charge in [0.25, 0.3) is 11.9 Å². The largest absolute Gasteiger partial charge is 0.286 e. The monoisotopic (exact) mass is 542 g/mol. The Hall–Kier alpha value is -4.80. The van der Waals surface area contributed by atoms with E-state index in [-0.39, 0.29) is 5.56 Å². The fraction of sp³-hybridized carbons (Fsp3) is 0.207. The highest BCUT2D eigenvalue weighted by Gasteiger charge is 2.38. The normalized spacial score (nSPS) is 12.8. The summed E-state index contributed by atoms with van der Waals surface area (Å²) in [6, 6.07) is 11.3. The highest BCUT2D eigenvalue weighted by Crippen LogP contribution is 2.35. The molecule has 5 aromatic heterocycles. The first-order chi connectivity index (χ1) is 19.1. The smallest absolute Gasteiger partial charge is 0.271 e. The number of aromatic nitrogens is 8. The van der Waals surface area contributed by atoms with Crippen LogP contribution in [-0.4, -0.2) is 44.8 Å². The molecule has 0 aliphatic carbocycles. The molecule has 8 nitrogen and oxygen atoms in total. The number of hydrogen-bond donors (Lipinski definition) is 0. The van der Waals surface area contributed by atoms with E-state index in [0.717, 1.165) is 41.6 Å². The summed E-state index contributed by atoms with van der Waals surface area (Å²) in [5, 5.41) is 8.84. The van der Waals surface area contributed by atoms with Crippen LogP contribution in [0.25, 0.3) is 34.2 Å². The van der Waals surface area contributed by atoms with Crippen LogP contribution in [0.4, 0.5) is 13.2 Å². The number of rotatable bonds is 6. The van der Waals surface area contributed by atoms with E-state index in [1.54, 1.807) is 16.9 Å². The second kappa shape index (κ2) is 9.44. The van der Waals surface area contributed by atoms with Crippen molar-refractivity contribution in [3.8, 4) is 28.6 Å².